The Hall–Kier alpha value is -2.64. The van der Waals surface area contributed by atoms with Crippen LogP contribution >= 0.6 is 22.9 Å². The van der Waals surface area contributed by atoms with Gasteiger partial charge in [0.15, 0.2) is 5.69 Å². The fraction of sp³-hybridized carbons (Fsp3) is 0.211. The average Bonchev–Trinajstić information content (AvgIpc) is 3.32. The van der Waals surface area contributed by atoms with E-state index in [4.69, 9.17) is 16.3 Å². The molecular formula is C19H17ClN4O2S. The first-order valence-corrected chi connectivity index (χ1v) is 9.50. The Balaban J connectivity index is 1.84. The number of carbonyl (C=O) groups is 1. The molecule has 4 rings (SSSR count). The normalized spacial score (nSPS) is 11.3. The highest BCUT2D eigenvalue weighted by Gasteiger charge is 2.20. The second-order valence-electron chi connectivity index (χ2n) is 6.19. The van der Waals surface area contributed by atoms with Crippen LogP contribution in [0.25, 0.3) is 20.8 Å². The SMILES string of the molecule is COC(=O)c1cc(-c2cc3c(C)nn(C)c3s2)n(Cc2ccccc2Cl)n1. The van der Waals surface area contributed by atoms with Crippen molar-refractivity contribution in [1.82, 2.24) is 19.6 Å². The van der Waals surface area contributed by atoms with E-state index < -0.39 is 5.97 Å². The standard InChI is InChI=1S/C19H17ClN4O2S/c1-11-13-8-17(27-18(13)23(2)21-11)16-9-15(19(25)26-3)22-24(16)10-12-6-4-5-7-14(12)20/h4-9H,10H2,1-3H3. The number of fused-ring (bicyclic) bond motifs is 1. The van der Waals surface area contributed by atoms with E-state index in [1.165, 1.54) is 7.11 Å². The van der Waals surface area contributed by atoms with E-state index in [2.05, 4.69) is 16.3 Å². The van der Waals surface area contributed by atoms with Gasteiger partial charge in [0.05, 0.1) is 29.9 Å². The van der Waals surface area contributed by atoms with E-state index in [0.717, 1.165) is 32.0 Å². The van der Waals surface area contributed by atoms with Gasteiger partial charge in [0.2, 0.25) is 0 Å². The first-order valence-electron chi connectivity index (χ1n) is 8.31. The van der Waals surface area contributed by atoms with Crippen LogP contribution in [0.2, 0.25) is 5.02 Å². The maximum absolute atomic E-state index is 12.0. The molecule has 3 heterocycles. The molecule has 0 saturated carbocycles. The van der Waals surface area contributed by atoms with Crippen LogP contribution in [0.5, 0.6) is 0 Å². The molecule has 0 bridgehead atoms. The zero-order chi connectivity index (χ0) is 19.1. The van der Waals surface area contributed by atoms with E-state index in [9.17, 15) is 4.79 Å². The molecule has 0 radical (unpaired) electrons. The Morgan fingerprint density at radius 3 is 2.74 bits per heavy atom. The van der Waals surface area contributed by atoms with Crippen molar-refractivity contribution in [2.45, 2.75) is 13.5 Å². The Morgan fingerprint density at radius 2 is 2.04 bits per heavy atom. The van der Waals surface area contributed by atoms with Crippen molar-refractivity contribution in [2.24, 2.45) is 7.05 Å². The fourth-order valence-corrected chi connectivity index (χ4v) is 4.40. The molecule has 1 aromatic carbocycles. The summed E-state index contributed by atoms with van der Waals surface area (Å²) >= 11 is 7.93. The summed E-state index contributed by atoms with van der Waals surface area (Å²) in [6, 6.07) is 11.5. The molecule has 0 saturated heterocycles. The van der Waals surface area contributed by atoms with Crippen molar-refractivity contribution in [3.8, 4) is 10.6 Å². The predicted octanol–water partition coefficient (Wildman–Crippen LogP) is 4.30. The minimum Gasteiger partial charge on any atom is -0.464 e. The summed E-state index contributed by atoms with van der Waals surface area (Å²) in [5.74, 6) is -0.465. The molecule has 0 fully saturated rings. The van der Waals surface area contributed by atoms with Crippen molar-refractivity contribution in [2.75, 3.05) is 7.11 Å². The molecule has 3 aromatic heterocycles. The second-order valence-corrected chi connectivity index (χ2v) is 7.63. The van der Waals surface area contributed by atoms with Crippen molar-refractivity contribution in [3.05, 3.63) is 58.4 Å². The Labute approximate surface area is 164 Å². The molecule has 0 aliphatic rings. The molecule has 0 aliphatic carbocycles. The predicted molar refractivity (Wildman–Crippen MR) is 106 cm³/mol. The topological polar surface area (TPSA) is 61.9 Å². The summed E-state index contributed by atoms with van der Waals surface area (Å²) in [5.41, 5.74) is 3.02. The number of aromatic nitrogens is 4. The van der Waals surface area contributed by atoms with Gasteiger partial charge < -0.3 is 4.74 Å². The third-order valence-corrected chi connectivity index (χ3v) is 5.99. The molecule has 0 N–H and O–H groups in total. The van der Waals surface area contributed by atoms with Gasteiger partial charge in [-0.25, -0.2) is 4.79 Å². The molecule has 0 spiro atoms. The zero-order valence-electron chi connectivity index (χ0n) is 15.1. The first kappa shape index (κ1) is 17.8. The maximum atomic E-state index is 12.0. The average molecular weight is 401 g/mol. The number of carbonyl (C=O) groups excluding carboxylic acids is 1. The second kappa shape index (κ2) is 6.83. The summed E-state index contributed by atoms with van der Waals surface area (Å²) in [4.78, 5) is 14.1. The van der Waals surface area contributed by atoms with Crippen molar-refractivity contribution < 1.29 is 9.53 Å². The number of benzene rings is 1. The molecule has 0 aliphatic heterocycles. The molecule has 0 atom stereocenters. The lowest BCUT2D eigenvalue weighted by Crippen LogP contribution is -2.07. The van der Waals surface area contributed by atoms with E-state index >= 15 is 0 Å². The monoisotopic (exact) mass is 400 g/mol. The third-order valence-electron chi connectivity index (χ3n) is 4.40. The maximum Gasteiger partial charge on any atom is 0.358 e. The fourth-order valence-electron chi connectivity index (χ4n) is 3.06. The Morgan fingerprint density at radius 1 is 1.26 bits per heavy atom. The molecule has 27 heavy (non-hydrogen) atoms. The number of hydrogen-bond acceptors (Lipinski definition) is 5. The summed E-state index contributed by atoms with van der Waals surface area (Å²) < 4.78 is 8.51. The van der Waals surface area contributed by atoms with E-state index in [-0.39, 0.29) is 5.69 Å². The van der Waals surface area contributed by atoms with E-state index in [1.54, 1.807) is 22.1 Å². The van der Waals surface area contributed by atoms with Gasteiger partial charge in [-0.2, -0.15) is 10.2 Å². The number of nitrogens with zero attached hydrogens (tertiary/aromatic N) is 4. The summed E-state index contributed by atoms with van der Waals surface area (Å²) in [6.45, 7) is 2.44. The van der Waals surface area contributed by atoms with Gasteiger partial charge in [-0.1, -0.05) is 29.8 Å². The first-order chi connectivity index (χ1) is 13.0. The number of thiophene rings is 1. The minimum atomic E-state index is -0.465. The smallest absolute Gasteiger partial charge is 0.358 e. The highest BCUT2D eigenvalue weighted by Crippen LogP contribution is 2.35. The number of hydrogen-bond donors (Lipinski definition) is 0. The van der Waals surface area contributed by atoms with Crippen LogP contribution in [0.3, 0.4) is 0 Å². The molecule has 138 valence electrons. The van der Waals surface area contributed by atoms with E-state index in [0.29, 0.717) is 11.6 Å². The van der Waals surface area contributed by atoms with Gasteiger partial charge in [-0.3, -0.25) is 9.36 Å². The lowest BCUT2D eigenvalue weighted by molar-refractivity contribution is 0.0593. The van der Waals surface area contributed by atoms with Gasteiger partial charge in [-0.05, 0) is 30.7 Å². The molecule has 8 heteroatoms. The highest BCUT2D eigenvalue weighted by molar-refractivity contribution is 7.21. The molecule has 0 unspecified atom stereocenters. The zero-order valence-corrected chi connectivity index (χ0v) is 16.6. The molecule has 0 amide bonds. The number of rotatable bonds is 4. The molecular weight excluding hydrogens is 384 g/mol. The number of halogens is 1. The Bertz CT molecular complexity index is 1120. The molecule has 4 aromatic rings. The number of aryl methyl sites for hydroxylation is 2. The van der Waals surface area contributed by atoms with Crippen molar-refractivity contribution in [3.63, 3.8) is 0 Å². The van der Waals surface area contributed by atoms with Crippen LogP contribution in [0.1, 0.15) is 21.7 Å². The largest absolute Gasteiger partial charge is 0.464 e. The van der Waals surface area contributed by atoms with Crippen molar-refractivity contribution >= 4 is 39.1 Å². The van der Waals surface area contributed by atoms with Gasteiger partial charge in [0.25, 0.3) is 0 Å². The van der Waals surface area contributed by atoms with Gasteiger partial charge in [-0.15, -0.1) is 11.3 Å². The van der Waals surface area contributed by atoms with Crippen LogP contribution in [0.15, 0.2) is 36.4 Å². The number of ether oxygens (including phenoxy) is 1. The van der Waals surface area contributed by atoms with Crippen LogP contribution < -0.4 is 0 Å². The van der Waals surface area contributed by atoms with Crippen LogP contribution in [0.4, 0.5) is 0 Å². The summed E-state index contributed by atoms with van der Waals surface area (Å²) in [5, 5.41) is 10.7. The lowest BCUT2D eigenvalue weighted by atomic mass is 10.2. The van der Waals surface area contributed by atoms with Gasteiger partial charge in [0, 0.05) is 17.5 Å². The third kappa shape index (κ3) is 3.13. The van der Waals surface area contributed by atoms with Crippen LogP contribution in [0, 0.1) is 6.92 Å². The lowest BCUT2D eigenvalue weighted by Gasteiger charge is -2.08. The molecule has 6 nitrogen and oxygen atoms in total. The highest BCUT2D eigenvalue weighted by atomic mass is 35.5. The van der Waals surface area contributed by atoms with E-state index in [1.807, 2.05) is 42.9 Å². The summed E-state index contributed by atoms with van der Waals surface area (Å²) in [7, 11) is 3.28. The quantitative estimate of drug-likeness (QED) is 0.479. The van der Waals surface area contributed by atoms with Gasteiger partial charge >= 0.3 is 5.97 Å². The van der Waals surface area contributed by atoms with Gasteiger partial charge in [0.1, 0.15) is 4.83 Å². The minimum absolute atomic E-state index is 0.270. The number of methoxy groups -OCH3 is 1. The van der Waals surface area contributed by atoms with Crippen LogP contribution in [-0.2, 0) is 18.3 Å². The van der Waals surface area contributed by atoms with Crippen molar-refractivity contribution in [1.29, 1.82) is 0 Å². The number of esters is 1. The Kier molecular flexibility index (Phi) is 4.49. The summed E-state index contributed by atoms with van der Waals surface area (Å²) in [6.07, 6.45) is 0. The van der Waals surface area contributed by atoms with Crippen LogP contribution in [-0.4, -0.2) is 32.6 Å².